The van der Waals surface area contributed by atoms with Crippen LogP contribution in [0.15, 0.2) is 159 Å². The average Bonchev–Trinajstić information content (AvgIpc) is 0.760. The number of aliphatic hydroxyl groups excluding tert-OH is 2. The zero-order valence-corrected chi connectivity index (χ0v) is 87.7. The molecule has 4 heterocycles. The van der Waals surface area contributed by atoms with Crippen molar-refractivity contribution in [1.82, 2.24) is 19.9 Å². The van der Waals surface area contributed by atoms with E-state index >= 15 is 0 Å². The smallest absolute Gasteiger partial charge is 0.875 e. The fraction of sp³-hybridized carbons (Fsp3) is 0.485. The Kier molecular flexibility index (Phi) is 50.1. The van der Waals surface area contributed by atoms with Gasteiger partial charge in [-0.3, -0.25) is 28.8 Å². The van der Waals surface area contributed by atoms with Crippen molar-refractivity contribution < 1.29 is 115 Å². The molecule has 2 N–H and O–H groups in total. The monoisotopic (exact) mass is 2010 g/mol. The van der Waals surface area contributed by atoms with Crippen molar-refractivity contribution in [2.75, 3.05) is 37.2 Å². The second-order valence-corrected chi connectivity index (χ2v) is 46.4. The van der Waals surface area contributed by atoms with Crippen LogP contribution in [-0.2, 0) is 96.0 Å². The maximum absolute atomic E-state index is 13.4. The van der Waals surface area contributed by atoms with Crippen molar-refractivity contribution in [3.05, 3.63) is 200 Å². The second kappa shape index (κ2) is 55.2. The molecule has 0 amide bonds. The molecule has 0 saturated heterocycles. The molecule has 23 nitrogen and oxygen atoms in total. The number of aromatic nitrogens is 4. The van der Waals surface area contributed by atoms with Gasteiger partial charge in [0.05, 0.1) is 51.6 Å². The summed E-state index contributed by atoms with van der Waals surface area (Å²) in [5.74, 6) is -0.313. The van der Waals surface area contributed by atoms with Crippen LogP contribution < -0.4 is 37.8 Å². The molecule has 0 spiro atoms. The van der Waals surface area contributed by atoms with E-state index in [2.05, 4.69) is 117 Å². The van der Waals surface area contributed by atoms with Crippen molar-refractivity contribution in [3.63, 3.8) is 0 Å². The number of Topliss-reactive ketones (excluding diaryl/α,β-unsaturated/α-hetero) is 1. The summed E-state index contributed by atoms with van der Waals surface area (Å²) in [6, 6.07) is 24.4. The number of thioether (sulfide) groups is 4. The molecule has 0 bridgehead atoms. The molecular formula is C97H129N4NaO19PbS4. The number of carbonyl (C=O) groups is 9. The Bertz CT molecular complexity index is 4710. The molecule has 0 aliphatic heterocycles. The first kappa shape index (κ1) is 114. The van der Waals surface area contributed by atoms with E-state index in [-0.39, 0.29) is 117 Å². The van der Waals surface area contributed by atoms with E-state index in [9.17, 15) is 58.5 Å². The maximum Gasteiger partial charge on any atom is 1.00 e. The van der Waals surface area contributed by atoms with Crippen molar-refractivity contribution in [1.29, 1.82) is 0 Å². The minimum atomic E-state index is -5.17. The van der Waals surface area contributed by atoms with Gasteiger partial charge in [0, 0.05) is 92.4 Å². The third-order valence-corrected chi connectivity index (χ3v) is 37.8. The topological polar surface area (TPSA) is 349 Å². The predicted molar refractivity (Wildman–Crippen MR) is 494 cm³/mol. The first-order valence-corrected chi connectivity index (χ1v) is 52.4. The zero-order valence-electron chi connectivity index (χ0n) is 78.5. The Morgan fingerprint density at radius 1 is 0.508 bits per heavy atom. The van der Waals surface area contributed by atoms with Gasteiger partial charge in [-0.05, 0) is 169 Å². The SMILES string of the molecule is CC(=O)/C=C/C(C)(C)CSc1ccc(C)cn1.CCC(=O)OC.CCc1cc(C)cc(CC)[c]1[Pb]([O]C(C)=O)([O]C(C)=O)[O]C(C)=O.CCc1cc(C)cc(CC)c1C1=C(O)CC(C(C)(C)CSc2ccc(C)cn2)CC1=O.COC(=O)C1C([O-])=CC(=O)CC1C(C)(C)CSc1ccc(C)cn1.Cc1ccc(SCC(C)(C)C2CC(=O)C=C(O)C2)nc1.O=C=O.[Na+]. The van der Waals surface area contributed by atoms with Gasteiger partial charge in [-0.15, -0.1) is 52.8 Å². The largest absolute Gasteiger partial charge is 1.00 e. The molecule has 4 atom stereocenters. The molecule has 0 saturated carbocycles. The summed E-state index contributed by atoms with van der Waals surface area (Å²) in [4.78, 5) is 139. The molecule has 3 aliphatic carbocycles. The molecule has 9 rings (SSSR count). The summed E-state index contributed by atoms with van der Waals surface area (Å²) in [7, 11) is 2.65. The number of nitrogens with zero attached hydrogens (tertiary/aromatic N) is 4. The number of ketones is 4. The Morgan fingerprint density at radius 3 is 1.19 bits per heavy atom. The van der Waals surface area contributed by atoms with Crippen LogP contribution in [0.25, 0.3) is 5.57 Å². The number of allylic oxidation sites excluding steroid dienone is 7. The molecule has 2 aromatic carbocycles. The van der Waals surface area contributed by atoms with Gasteiger partial charge in [0.15, 0.2) is 23.1 Å². The number of benzene rings is 2. The summed E-state index contributed by atoms with van der Waals surface area (Å²) in [5.41, 5.74) is 11.9. The van der Waals surface area contributed by atoms with Gasteiger partial charge >= 0.3 is 197 Å². The minimum absolute atomic E-state index is 0. The van der Waals surface area contributed by atoms with Gasteiger partial charge in [-0.1, -0.05) is 124 Å². The molecule has 0 radical (unpaired) electrons. The quantitative estimate of drug-likeness (QED) is 0.0199. The van der Waals surface area contributed by atoms with E-state index < -0.39 is 63.5 Å². The molecule has 126 heavy (non-hydrogen) atoms. The van der Waals surface area contributed by atoms with Crippen LogP contribution in [0, 0.1) is 86.9 Å². The molecule has 0 fully saturated rings. The molecule has 680 valence electrons. The summed E-state index contributed by atoms with van der Waals surface area (Å²) >= 11 is 1.53. The zero-order chi connectivity index (χ0) is 94.5. The number of hydrogen-bond donors (Lipinski definition) is 2. The van der Waals surface area contributed by atoms with E-state index in [0.717, 1.165) is 106 Å². The average molecular weight is 2010 g/mol. The third kappa shape index (κ3) is 38.8. The fourth-order valence-corrected chi connectivity index (χ4v) is 28.8. The van der Waals surface area contributed by atoms with E-state index in [0.29, 0.717) is 59.4 Å². The Morgan fingerprint density at radius 2 is 0.873 bits per heavy atom. The van der Waals surface area contributed by atoms with Crippen molar-refractivity contribution in [2.45, 2.75) is 244 Å². The minimum Gasteiger partial charge on any atom is -0.875 e. The van der Waals surface area contributed by atoms with Crippen LogP contribution in [0.5, 0.6) is 0 Å². The number of methoxy groups -OCH3 is 2. The molecule has 4 unspecified atom stereocenters. The second-order valence-electron chi connectivity index (χ2n) is 33.8. The van der Waals surface area contributed by atoms with Gasteiger partial charge in [0.25, 0.3) is 0 Å². The van der Waals surface area contributed by atoms with Crippen LogP contribution >= 0.6 is 47.0 Å². The van der Waals surface area contributed by atoms with Crippen LogP contribution in [0.3, 0.4) is 0 Å². The van der Waals surface area contributed by atoms with Crippen molar-refractivity contribution >= 4 is 137 Å². The first-order valence-electron chi connectivity index (χ1n) is 41.7. The number of pyridine rings is 4. The number of aryl methyl sites for hydroxylation is 10. The third-order valence-electron chi connectivity index (χ3n) is 20.8. The van der Waals surface area contributed by atoms with Crippen LogP contribution in [0.4, 0.5) is 0 Å². The van der Waals surface area contributed by atoms with E-state index in [1.165, 1.54) is 52.2 Å². The predicted octanol–water partition coefficient (Wildman–Crippen LogP) is 15.5. The number of ether oxygens (including phenoxy) is 2. The van der Waals surface area contributed by atoms with Gasteiger partial charge in [0.2, 0.25) is 0 Å². The Hall–Kier alpha value is -7.87. The maximum atomic E-state index is 13.4. The van der Waals surface area contributed by atoms with Crippen LogP contribution in [0.1, 0.15) is 217 Å². The summed E-state index contributed by atoms with van der Waals surface area (Å²) in [6.07, 6.45) is 19.5. The Balaban J connectivity index is 0.000000525. The molecule has 6 aromatic rings. The number of hydrogen-bond acceptors (Lipinski definition) is 27. The van der Waals surface area contributed by atoms with E-state index in [1.807, 2.05) is 129 Å². The standard InChI is InChI=1S/C27H35NO2S.C18H23NO4S.C16H21NO2S.C14H19NOS.C11H15.C4H8O2.3C2H4O2.CO2.Na.Pb/c1-7-19-11-18(4)12-20(8-2)25(19)26-22(29)13-21(14-23(26)30)27(5,6)16-31-24-10-9-17(3)15-28-24;1-11-5-6-15(19-9-11)24-10-18(2,3)13-7-12(20)8-14(21)16(13)17(22)23-4;1-11-4-5-15(17-9-11)20-10-16(2,3)12-6-13(18)8-14(19)7-12;1-11-5-6-13(15-9-11)17-10-14(3,4)8-7-12(2)16;1-4-10-6-9(3)7-11(5-2)8-10;1-3-4(5)6-2;3*1-2(3)4;2-1-3;;/h9-12,15,21,29H,7-8,13-14,16H2,1-6H3;5-6,8-9,13,16,21H,7,10H2,1-4H3;4-5,8-9,12,18H,6-7,10H2,1-3H3;5-9H,10H2,1-4H3;6-7H,4-5H2,1-3H3;3H2,1-2H3;3*1H3,(H,3,4);;;/q;;;;;;;;;;+1;+3/p-4/b;;;8-7+;;;;;;;;. The Labute approximate surface area is 792 Å². The van der Waals surface area contributed by atoms with Gasteiger partial charge < -0.3 is 24.8 Å². The van der Waals surface area contributed by atoms with Crippen molar-refractivity contribution in [2.24, 2.45) is 45.3 Å². The summed E-state index contributed by atoms with van der Waals surface area (Å²) in [6.45, 7) is 44.1. The molecule has 3 aliphatic rings. The number of aliphatic hydroxyl groups is 2. The molecule has 4 aromatic heterocycles. The number of rotatable bonds is 28. The van der Waals surface area contributed by atoms with Crippen LogP contribution in [-0.4, -0.2) is 149 Å². The molecule has 29 heteroatoms. The fourth-order valence-electron chi connectivity index (χ4n) is 13.7. The number of esters is 2. The van der Waals surface area contributed by atoms with Gasteiger partial charge in [-0.2, -0.15) is 9.59 Å². The number of carbonyl (C=O) groups excluding carboxylic acids is 11. The first-order chi connectivity index (χ1) is 58.5. The van der Waals surface area contributed by atoms with E-state index in [4.69, 9.17) is 22.4 Å². The van der Waals surface area contributed by atoms with Gasteiger partial charge in [-0.25, -0.2) is 19.9 Å². The van der Waals surface area contributed by atoms with E-state index in [1.54, 1.807) is 73.2 Å². The summed E-state index contributed by atoms with van der Waals surface area (Å²) in [5, 5.41) is 36.8. The van der Waals surface area contributed by atoms with Crippen LogP contribution in [0.2, 0.25) is 0 Å². The summed E-state index contributed by atoms with van der Waals surface area (Å²) < 4.78 is 26.1. The normalized spacial score (nSPS) is 15.6. The van der Waals surface area contributed by atoms with Crippen molar-refractivity contribution in [3.8, 4) is 0 Å². The van der Waals surface area contributed by atoms with Gasteiger partial charge in [0.1, 0.15) is 5.76 Å². The molecular weight excluding hydrogens is 1880 g/mol.